The number of carbonyl (C=O) groups excluding carboxylic acids is 2. The Morgan fingerprint density at radius 3 is 2.09 bits per heavy atom. The van der Waals surface area contributed by atoms with Gasteiger partial charge in [-0.1, -0.05) is 51.9 Å². The van der Waals surface area contributed by atoms with E-state index < -0.39 is 23.8 Å². The minimum absolute atomic E-state index is 0.137. The van der Waals surface area contributed by atoms with Gasteiger partial charge < -0.3 is 15.8 Å². The van der Waals surface area contributed by atoms with E-state index >= 15 is 0 Å². The molecule has 0 aliphatic rings. The fraction of sp³-hybridized carbons (Fsp3) is 0.889. The highest BCUT2D eigenvalue weighted by molar-refractivity contribution is 5.91. The standard InChI is InChI=1S/C18H36N2O3/c1-6-7-8-9-10-11-12-13-15(19)16(21)14(2)20-17(22)23-18(3,4)5/h14-15H,6-13,19H2,1-5H3,(H,20,22)/t14-,15?/m0/s1. The third kappa shape index (κ3) is 12.0. The molecule has 5 heteroatoms. The monoisotopic (exact) mass is 328 g/mol. The summed E-state index contributed by atoms with van der Waals surface area (Å²) >= 11 is 0. The Hall–Kier alpha value is -1.10. The molecule has 0 radical (unpaired) electrons. The summed E-state index contributed by atoms with van der Waals surface area (Å²) in [5, 5.41) is 2.55. The fourth-order valence-corrected chi connectivity index (χ4v) is 2.34. The lowest BCUT2D eigenvalue weighted by Crippen LogP contribution is -2.47. The molecule has 0 saturated carbocycles. The van der Waals surface area contributed by atoms with Crippen LogP contribution in [0.2, 0.25) is 0 Å². The minimum atomic E-state index is -0.621. The van der Waals surface area contributed by atoms with Crippen LogP contribution in [-0.2, 0) is 9.53 Å². The molecule has 5 nitrogen and oxygen atoms in total. The quantitative estimate of drug-likeness (QED) is 0.563. The average molecular weight is 328 g/mol. The fourth-order valence-electron chi connectivity index (χ4n) is 2.34. The van der Waals surface area contributed by atoms with E-state index in [0.717, 1.165) is 12.8 Å². The van der Waals surface area contributed by atoms with Crippen LogP contribution in [0, 0.1) is 0 Å². The highest BCUT2D eigenvalue weighted by Gasteiger charge is 2.24. The van der Waals surface area contributed by atoms with Gasteiger partial charge in [-0.05, 0) is 34.1 Å². The van der Waals surface area contributed by atoms with Crippen molar-refractivity contribution in [3.05, 3.63) is 0 Å². The van der Waals surface area contributed by atoms with Crippen LogP contribution < -0.4 is 11.1 Å². The van der Waals surface area contributed by atoms with Crippen LogP contribution >= 0.6 is 0 Å². The molecule has 0 heterocycles. The minimum Gasteiger partial charge on any atom is -0.444 e. The van der Waals surface area contributed by atoms with Crippen molar-refractivity contribution < 1.29 is 14.3 Å². The van der Waals surface area contributed by atoms with E-state index in [1.54, 1.807) is 27.7 Å². The van der Waals surface area contributed by atoms with Crippen LogP contribution in [0.1, 0.15) is 86.0 Å². The molecule has 1 amide bonds. The Bertz CT molecular complexity index is 351. The molecule has 3 N–H and O–H groups in total. The lowest BCUT2D eigenvalue weighted by Gasteiger charge is -2.22. The first-order valence-electron chi connectivity index (χ1n) is 8.96. The predicted molar refractivity (Wildman–Crippen MR) is 94.4 cm³/mol. The second kappa shape index (κ2) is 11.4. The van der Waals surface area contributed by atoms with E-state index in [-0.39, 0.29) is 5.78 Å². The maximum Gasteiger partial charge on any atom is 0.408 e. The molecule has 0 fully saturated rings. The van der Waals surface area contributed by atoms with Crippen molar-refractivity contribution in [1.82, 2.24) is 5.32 Å². The Morgan fingerprint density at radius 2 is 1.57 bits per heavy atom. The van der Waals surface area contributed by atoms with Crippen molar-refractivity contribution in [1.29, 1.82) is 0 Å². The van der Waals surface area contributed by atoms with Crippen LogP contribution in [-0.4, -0.2) is 29.6 Å². The first-order chi connectivity index (χ1) is 10.7. The molecule has 0 aromatic rings. The van der Waals surface area contributed by atoms with Gasteiger partial charge in [-0.25, -0.2) is 4.79 Å². The topological polar surface area (TPSA) is 81.4 Å². The number of unbranched alkanes of at least 4 members (excludes halogenated alkanes) is 6. The number of nitrogens with one attached hydrogen (secondary N) is 1. The lowest BCUT2D eigenvalue weighted by molar-refractivity contribution is -0.122. The molecule has 136 valence electrons. The molecule has 0 saturated heterocycles. The van der Waals surface area contributed by atoms with E-state index in [1.165, 1.54) is 32.1 Å². The first-order valence-corrected chi connectivity index (χ1v) is 8.96. The zero-order chi connectivity index (χ0) is 17.9. The highest BCUT2D eigenvalue weighted by Crippen LogP contribution is 2.11. The third-order valence-electron chi connectivity index (χ3n) is 3.64. The Balaban J connectivity index is 3.92. The lowest BCUT2D eigenvalue weighted by atomic mass is 10.00. The first kappa shape index (κ1) is 21.9. The molecule has 0 spiro atoms. The smallest absolute Gasteiger partial charge is 0.408 e. The summed E-state index contributed by atoms with van der Waals surface area (Å²) in [6.07, 6.45) is 8.46. The summed E-state index contributed by atoms with van der Waals surface area (Å²) in [7, 11) is 0. The molecular weight excluding hydrogens is 292 g/mol. The number of nitrogens with two attached hydrogens (primary N) is 1. The van der Waals surface area contributed by atoms with Crippen LogP contribution in [0.4, 0.5) is 4.79 Å². The number of rotatable bonds is 11. The second-order valence-electron chi connectivity index (χ2n) is 7.29. The number of alkyl carbamates (subject to hydrolysis) is 1. The number of carbonyl (C=O) groups is 2. The van der Waals surface area contributed by atoms with E-state index in [1.807, 2.05) is 0 Å². The number of amides is 1. The van der Waals surface area contributed by atoms with Gasteiger partial charge in [0.05, 0.1) is 12.1 Å². The zero-order valence-electron chi connectivity index (χ0n) is 15.6. The van der Waals surface area contributed by atoms with Gasteiger partial charge in [0.1, 0.15) is 5.60 Å². The van der Waals surface area contributed by atoms with Gasteiger partial charge in [0, 0.05) is 0 Å². The summed E-state index contributed by atoms with van der Waals surface area (Å²) in [5.41, 5.74) is 5.37. The summed E-state index contributed by atoms with van der Waals surface area (Å²) in [6.45, 7) is 9.20. The van der Waals surface area contributed by atoms with Gasteiger partial charge >= 0.3 is 6.09 Å². The van der Waals surface area contributed by atoms with E-state index in [9.17, 15) is 9.59 Å². The number of ketones is 1. The molecular formula is C18H36N2O3. The average Bonchev–Trinajstić information content (AvgIpc) is 2.43. The maximum atomic E-state index is 12.2. The molecule has 2 atom stereocenters. The van der Waals surface area contributed by atoms with Crippen LogP contribution in [0.15, 0.2) is 0 Å². The van der Waals surface area contributed by atoms with E-state index in [0.29, 0.717) is 6.42 Å². The summed E-state index contributed by atoms with van der Waals surface area (Å²) in [4.78, 5) is 23.8. The van der Waals surface area contributed by atoms with Crippen molar-refractivity contribution in [2.75, 3.05) is 0 Å². The van der Waals surface area contributed by atoms with Crippen molar-refractivity contribution in [2.45, 2.75) is 104 Å². The van der Waals surface area contributed by atoms with Crippen LogP contribution in [0.25, 0.3) is 0 Å². The van der Waals surface area contributed by atoms with Crippen LogP contribution in [0.3, 0.4) is 0 Å². The van der Waals surface area contributed by atoms with E-state index in [2.05, 4.69) is 12.2 Å². The van der Waals surface area contributed by atoms with Crippen molar-refractivity contribution >= 4 is 11.9 Å². The number of hydrogen-bond donors (Lipinski definition) is 2. The number of ether oxygens (including phenoxy) is 1. The molecule has 0 rings (SSSR count). The highest BCUT2D eigenvalue weighted by atomic mass is 16.6. The zero-order valence-corrected chi connectivity index (χ0v) is 15.6. The van der Waals surface area contributed by atoms with Gasteiger partial charge in [-0.3, -0.25) is 4.79 Å². The molecule has 0 aromatic carbocycles. The normalized spacial score (nSPS) is 14.2. The van der Waals surface area contributed by atoms with Crippen molar-refractivity contribution in [3.8, 4) is 0 Å². The van der Waals surface area contributed by atoms with Gasteiger partial charge in [0.15, 0.2) is 5.78 Å². The Kier molecular flexibility index (Phi) is 10.9. The number of Topliss-reactive ketones (excluding diaryl/α,β-unsaturated/α-hetero) is 1. The molecule has 1 unspecified atom stereocenters. The largest absolute Gasteiger partial charge is 0.444 e. The maximum absolute atomic E-state index is 12.2. The van der Waals surface area contributed by atoms with Gasteiger partial charge in [-0.15, -0.1) is 0 Å². The predicted octanol–water partition coefficient (Wildman–Crippen LogP) is 3.94. The van der Waals surface area contributed by atoms with Crippen molar-refractivity contribution in [2.24, 2.45) is 5.73 Å². The van der Waals surface area contributed by atoms with Crippen LogP contribution in [0.5, 0.6) is 0 Å². The summed E-state index contributed by atoms with van der Waals surface area (Å²) in [6, 6.07) is -1.14. The van der Waals surface area contributed by atoms with Crippen molar-refractivity contribution in [3.63, 3.8) is 0 Å². The SMILES string of the molecule is CCCCCCCCCC(N)C(=O)[C@H](C)NC(=O)OC(C)(C)C. The molecule has 0 aromatic heterocycles. The van der Waals surface area contributed by atoms with Gasteiger partial charge in [-0.2, -0.15) is 0 Å². The molecule has 23 heavy (non-hydrogen) atoms. The molecule has 0 bridgehead atoms. The Labute approximate surface area is 141 Å². The van der Waals surface area contributed by atoms with Gasteiger partial charge in [0.25, 0.3) is 0 Å². The van der Waals surface area contributed by atoms with Gasteiger partial charge in [0.2, 0.25) is 0 Å². The molecule has 0 aliphatic carbocycles. The molecule has 0 aliphatic heterocycles. The number of hydrogen-bond acceptors (Lipinski definition) is 4. The Morgan fingerprint density at radius 1 is 1.04 bits per heavy atom. The summed E-state index contributed by atoms with van der Waals surface area (Å²) < 4.78 is 5.14. The van der Waals surface area contributed by atoms with E-state index in [4.69, 9.17) is 10.5 Å². The second-order valence-corrected chi connectivity index (χ2v) is 7.29. The summed E-state index contributed by atoms with van der Waals surface area (Å²) in [5.74, 6) is -0.137. The third-order valence-corrected chi connectivity index (χ3v) is 3.64.